The van der Waals surface area contributed by atoms with E-state index in [1.807, 2.05) is 53.9 Å². The number of halogens is 1. The molecule has 0 amide bonds. The number of aromatic amines is 1. The Kier molecular flexibility index (Phi) is 4.00. The first-order chi connectivity index (χ1) is 12.6. The third kappa shape index (κ3) is 2.66. The number of benzene rings is 2. The van der Waals surface area contributed by atoms with Gasteiger partial charge in [0.15, 0.2) is 5.56 Å². The van der Waals surface area contributed by atoms with Crippen molar-refractivity contribution in [3.05, 3.63) is 74.9 Å². The molecule has 0 atom stereocenters. The van der Waals surface area contributed by atoms with Crippen LogP contribution in [0.15, 0.2) is 58.7 Å². The van der Waals surface area contributed by atoms with Crippen LogP contribution >= 0.6 is 22.9 Å². The van der Waals surface area contributed by atoms with Gasteiger partial charge in [0, 0.05) is 16.0 Å². The van der Waals surface area contributed by atoms with E-state index in [1.54, 1.807) is 6.07 Å². The molecule has 0 aliphatic carbocycles. The molecule has 0 saturated carbocycles. The summed E-state index contributed by atoms with van der Waals surface area (Å²) in [6, 6.07) is 17.2. The van der Waals surface area contributed by atoms with E-state index in [-0.39, 0.29) is 11.3 Å². The van der Waals surface area contributed by atoms with Crippen molar-refractivity contribution in [2.45, 2.75) is 0 Å². The molecular weight excluding hydrogens is 368 g/mol. The highest BCUT2D eigenvalue weighted by Gasteiger charge is 2.17. The van der Waals surface area contributed by atoms with Gasteiger partial charge in [-0.3, -0.25) is 4.79 Å². The summed E-state index contributed by atoms with van der Waals surface area (Å²) in [5.41, 5.74) is 2.83. The first-order valence-electron chi connectivity index (χ1n) is 7.71. The monoisotopic (exact) mass is 378 g/mol. The Morgan fingerprint density at radius 1 is 1.08 bits per heavy atom. The summed E-state index contributed by atoms with van der Waals surface area (Å²) in [5, 5.41) is 22.5. The van der Waals surface area contributed by atoms with E-state index in [2.05, 4.69) is 4.98 Å². The van der Waals surface area contributed by atoms with E-state index in [0.29, 0.717) is 15.2 Å². The Morgan fingerprint density at radius 3 is 2.50 bits per heavy atom. The van der Waals surface area contributed by atoms with Crippen molar-refractivity contribution >= 4 is 33.2 Å². The number of nitriles is 1. The molecule has 6 heteroatoms. The van der Waals surface area contributed by atoms with Crippen LogP contribution in [0.1, 0.15) is 5.56 Å². The number of pyridine rings is 1. The minimum Gasteiger partial charge on any atom is -0.506 e. The Labute approximate surface area is 157 Å². The molecule has 0 aliphatic heterocycles. The van der Waals surface area contributed by atoms with E-state index < -0.39 is 5.56 Å². The lowest BCUT2D eigenvalue weighted by molar-refractivity contribution is 0.479. The number of aromatic nitrogens is 1. The molecule has 2 aromatic carbocycles. The summed E-state index contributed by atoms with van der Waals surface area (Å²) < 4.78 is 0. The first kappa shape index (κ1) is 16.4. The molecular formula is C20H11ClN2O2S. The second-order valence-electron chi connectivity index (χ2n) is 5.73. The maximum absolute atomic E-state index is 11.8. The predicted molar refractivity (Wildman–Crippen MR) is 105 cm³/mol. The van der Waals surface area contributed by atoms with Crippen LogP contribution < -0.4 is 5.56 Å². The van der Waals surface area contributed by atoms with Gasteiger partial charge >= 0.3 is 0 Å². The Bertz CT molecular complexity index is 1230. The second kappa shape index (κ2) is 6.34. The van der Waals surface area contributed by atoms with E-state index in [4.69, 9.17) is 16.9 Å². The number of aromatic hydroxyl groups is 1. The largest absolute Gasteiger partial charge is 0.506 e. The van der Waals surface area contributed by atoms with Gasteiger partial charge < -0.3 is 10.1 Å². The minimum atomic E-state index is -0.581. The van der Waals surface area contributed by atoms with Gasteiger partial charge in [0.2, 0.25) is 0 Å². The molecule has 0 radical (unpaired) electrons. The number of hydrogen-bond donors (Lipinski definition) is 2. The van der Waals surface area contributed by atoms with Gasteiger partial charge in [0.05, 0.1) is 5.39 Å². The molecule has 2 aromatic heterocycles. The van der Waals surface area contributed by atoms with E-state index >= 15 is 0 Å². The predicted octanol–water partition coefficient (Wildman–Crippen LogP) is 5.15. The van der Waals surface area contributed by atoms with Crippen molar-refractivity contribution in [2.24, 2.45) is 0 Å². The summed E-state index contributed by atoms with van der Waals surface area (Å²) in [6.45, 7) is 0. The zero-order valence-corrected chi connectivity index (χ0v) is 14.9. The van der Waals surface area contributed by atoms with Crippen LogP contribution in [0.3, 0.4) is 0 Å². The van der Waals surface area contributed by atoms with Crippen LogP contribution in [0.25, 0.3) is 32.5 Å². The lowest BCUT2D eigenvalue weighted by Crippen LogP contribution is -2.09. The van der Waals surface area contributed by atoms with Crippen LogP contribution in [0.4, 0.5) is 0 Å². The fourth-order valence-corrected chi connectivity index (χ4v) is 4.07. The number of fused-ring (bicyclic) bond motifs is 1. The summed E-state index contributed by atoms with van der Waals surface area (Å²) in [4.78, 5) is 15.0. The molecule has 0 fully saturated rings. The number of nitrogens with zero attached hydrogens (tertiary/aromatic N) is 1. The molecule has 4 aromatic rings. The molecule has 126 valence electrons. The van der Waals surface area contributed by atoms with Crippen LogP contribution in [-0.4, -0.2) is 10.1 Å². The quantitative estimate of drug-likeness (QED) is 0.506. The van der Waals surface area contributed by atoms with E-state index in [9.17, 15) is 9.90 Å². The van der Waals surface area contributed by atoms with Gasteiger partial charge in [-0.15, -0.1) is 11.3 Å². The molecule has 0 spiro atoms. The fourth-order valence-electron chi connectivity index (χ4n) is 2.91. The number of rotatable bonds is 2. The highest BCUT2D eigenvalue weighted by atomic mass is 35.5. The van der Waals surface area contributed by atoms with Crippen LogP contribution in [-0.2, 0) is 0 Å². The van der Waals surface area contributed by atoms with Gasteiger partial charge in [0.1, 0.15) is 16.6 Å². The Balaban J connectivity index is 1.84. The van der Waals surface area contributed by atoms with Crippen molar-refractivity contribution in [2.75, 3.05) is 0 Å². The standard InChI is InChI=1S/C20H11ClN2O2S/c21-14-3-1-2-13(8-14)11-4-6-12(7-5-11)16-10-26-20-17(16)18(24)15(9-22)19(25)23-20/h1-8,10H,(H2,23,24,25). The zero-order valence-electron chi connectivity index (χ0n) is 13.3. The number of thiophene rings is 1. The zero-order chi connectivity index (χ0) is 18.3. The van der Waals surface area contributed by atoms with Gasteiger partial charge in [-0.2, -0.15) is 5.26 Å². The van der Waals surface area contributed by atoms with Gasteiger partial charge in [0.25, 0.3) is 5.56 Å². The summed E-state index contributed by atoms with van der Waals surface area (Å²) in [5.74, 6) is -0.276. The molecule has 0 saturated heterocycles. The maximum atomic E-state index is 11.8. The first-order valence-corrected chi connectivity index (χ1v) is 8.97. The molecule has 26 heavy (non-hydrogen) atoms. The average Bonchev–Trinajstić information content (AvgIpc) is 3.06. The molecule has 0 unspecified atom stereocenters. The summed E-state index contributed by atoms with van der Waals surface area (Å²) >= 11 is 7.37. The van der Waals surface area contributed by atoms with Gasteiger partial charge in [-0.25, -0.2) is 0 Å². The number of nitrogens with one attached hydrogen (secondary N) is 1. The lowest BCUT2D eigenvalue weighted by Gasteiger charge is -2.06. The maximum Gasteiger partial charge on any atom is 0.270 e. The van der Waals surface area contributed by atoms with E-state index in [1.165, 1.54) is 11.3 Å². The van der Waals surface area contributed by atoms with Crippen LogP contribution in [0.2, 0.25) is 5.02 Å². The van der Waals surface area contributed by atoms with Crippen LogP contribution in [0, 0.1) is 11.3 Å². The summed E-state index contributed by atoms with van der Waals surface area (Å²) in [6.07, 6.45) is 0. The Hall–Kier alpha value is -3.07. The number of H-pyrrole nitrogens is 1. The lowest BCUT2D eigenvalue weighted by atomic mass is 10.00. The van der Waals surface area contributed by atoms with Crippen LogP contribution in [0.5, 0.6) is 5.75 Å². The van der Waals surface area contributed by atoms with Gasteiger partial charge in [-0.1, -0.05) is 48.0 Å². The molecule has 4 rings (SSSR count). The van der Waals surface area contributed by atoms with Crippen molar-refractivity contribution < 1.29 is 5.11 Å². The minimum absolute atomic E-state index is 0.271. The average molecular weight is 379 g/mol. The van der Waals surface area contributed by atoms with Crippen molar-refractivity contribution in [1.82, 2.24) is 4.98 Å². The third-order valence-electron chi connectivity index (χ3n) is 4.18. The topological polar surface area (TPSA) is 76.9 Å². The smallest absolute Gasteiger partial charge is 0.270 e. The molecule has 4 nitrogen and oxygen atoms in total. The normalized spacial score (nSPS) is 10.8. The second-order valence-corrected chi connectivity index (χ2v) is 7.05. The highest BCUT2D eigenvalue weighted by molar-refractivity contribution is 7.17. The third-order valence-corrected chi connectivity index (χ3v) is 5.31. The molecule has 2 N–H and O–H groups in total. The Morgan fingerprint density at radius 2 is 1.81 bits per heavy atom. The van der Waals surface area contributed by atoms with Crippen molar-refractivity contribution in [1.29, 1.82) is 5.26 Å². The van der Waals surface area contributed by atoms with Gasteiger partial charge in [-0.05, 0) is 28.8 Å². The summed E-state index contributed by atoms with van der Waals surface area (Å²) in [7, 11) is 0. The molecule has 0 aliphatic rings. The highest BCUT2D eigenvalue weighted by Crippen LogP contribution is 2.39. The molecule has 0 bridgehead atoms. The molecule has 2 heterocycles. The van der Waals surface area contributed by atoms with Crippen molar-refractivity contribution in [3.63, 3.8) is 0 Å². The van der Waals surface area contributed by atoms with Crippen molar-refractivity contribution in [3.8, 4) is 34.1 Å². The van der Waals surface area contributed by atoms with E-state index in [0.717, 1.165) is 22.3 Å². The SMILES string of the molecule is N#Cc1c(O)c2c(-c3ccc(-c4cccc(Cl)c4)cc3)csc2[nH]c1=O. The number of hydrogen-bond acceptors (Lipinski definition) is 4. The fraction of sp³-hybridized carbons (Fsp3) is 0.